The van der Waals surface area contributed by atoms with Gasteiger partial charge in [0.25, 0.3) is 0 Å². The van der Waals surface area contributed by atoms with E-state index in [2.05, 4.69) is 19.2 Å². The highest BCUT2D eigenvalue weighted by Gasteiger charge is 2.53. The number of nitrogens with one attached hydrogen (secondary N) is 1. The van der Waals surface area contributed by atoms with Crippen molar-refractivity contribution in [2.24, 2.45) is 5.41 Å². The Morgan fingerprint density at radius 3 is 2.80 bits per heavy atom. The van der Waals surface area contributed by atoms with Gasteiger partial charge < -0.3 is 9.84 Å². The number of rotatable bonds is 1. The van der Waals surface area contributed by atoms with Crippen molar-refractivity contribution < 1.29 is 14.6 Å². The van der Waals surface area contributed by atoms with E-state index < -0.39 is 12.0 Å². The molecule has 15 heavy (non-hydrogen) atoms. The second-order valence-corrected chi connectivity index (χ2v) is 6.27. The number of carboxylic acids is 1. The number of hydrogen-bond acceptors (Lipinski definition) is 4. The van der Waals surface area contributed by atoms with E-state index in [0.717, 1.165) is 5.75 Å². The van der Waals surface area contributed by atoms with Crippen LogP contribution >= 0.6 is 11.8 Å². The van der Waals surface area contributed by atoms with Gasteiger partial charge >= 0.3 is 5.97 Å². The Morgan fingerprint density at radius 1 is 1.53 bits per heavy atom. The first-order valence-electron chi connectivity index (χ1n) is 5.19. The van der Waals surface area contributed by atoms with Crippen molar-refractivity contribution in [3.8, 4) is 0 Å². The summed E-state index contributed by atoms with van der Waals surface area (Å²) in [6, 6.07) is -0.424. The molecule has 2 saturated heterocycles. The van der Waals surface area contributed by atoms with Crippen LogP contribution in [0, 0.1) is 5.41 Å². The zero-order valence-electron chi connectivity index (χ0n) is 9.08. The van der Waals surface area contributed by atoms with Crippen molar-refractivity contribution >= 4 is 17.7 Å². The molecule has 2 aliphatic rings. The topological polar surface area (TPSA) is 58.6 Å². The lowest BCUT2D eigenvalue weighted by Crippen LogP contribution is -2.61. The quantitative estimate of drug-likeness (QED) is 0.702. The van der Waals surface area contributed by atoms with Crippen LogP contribution in [0.15, 0.2) is 0 Å². The maximum atomic E-state index is 11.0. The molecule has 2 N–H and O–H groups in total. The smallest absolute Gasteiger partial charge is 0.320 e. The van der Waals surface area contributed by atoms with Gasteiger partial charge in [-0.1, -0.05) is 13.8 Å². The lowest BCUT2D eigenvalue weighted by atomic mass is 9.86. The van der Waals surface area contributed by atoms with Gasteiger partial charge in [0, 0.05) is 5.41 Å². The number of hydrogen-bond donors (Lipinski definition) is 2. The van der Waals surface area contributed by atoms with Gasteiger partial charge in [0.2, 0.25) is 0 Å². The molecular formula is C10H17NO3S. The average molecular weight is 231 g/mol. The SMILES string of the molecule is CC1(C)COCC12NC(C(=O)O)CCS2. The molecule has 4 nitrogen and oxygen atoms in total. The molecule has 2 rings (SSSR count). The first-order chi connectivity index (χ1) is 6.97. The minimum Gasteiger partial charge on any atom is -0.480 e. The van der Waals surface area contributed by atoms with E-state index in [1.54, 1.807) is 11.8 Å². The fraction of sp³-hybridized carbons (Fsp3) is 0.900. The number of ether oxygens (including phenoxy) is 1. The summed E-state index contributed by atoms with van der Waals surface area (Å²) in [6.07, 6.45) is 0.692. The monoisotopic (exact) mass is 231 g/mol. The summed E-state index contributed by atoms with van der Waals surface area (Å²) in [6.45, 7) is 5.56. The van der Waals surface area contributed by atoms with Gasteiger partial charge in [-0.15, -0.1) is 11.8 Å². The van der Waals surface area contributed by atoms with Crippen LogP contribution in [-0.2, 0) is 9.53 Å². The van der Waals surface area contributed by atoms with Gasteiger partial charge in [-0.25, -0.2) is 0 Å². The first kappa shape index (κ1) is 11.2. The summed E-state index contributed by atoms with van der Waals surface area (Å²) in [5, 5.41) is 12.3. The summed E-state index contributed by atoms with van der Waals surface area (Å²) in [5.74, 6) is 0.133. The Morgan fingerprint density at radius 2 is 2.27 bits per heavy atom. The number of aliphatic carboxylic acids is 1. The first-order valence-corrected chi connectivity index (χ1v) is 6.18. The van der Waals surface area contributed by atoms with Crippen molar-refractivity contribution in [1.82, 2.24) is 5.32 Å². The van der Waals surface area contributed by atoms with Crippen LogP contribution in [-0.4, -0.2) is 41.0 Å². The zero-order valence-corrected chi connectivity index (χ0v) is 9.89. The Balaban J connectivity index is 2.18. The molecule has 2 unspecified atom stereocenters. The molecule has 0 aromatic carbocycles. The molecule has 0 aromatic rings. The van der Waals surface area contributed by atoms with Gasteiger partial charge in [0.15, 0.2) is 0 Å². The molecule has 2 fully saturated rings. The van der Waals surface area contributed by atoms with Gasteiger partial charge in [-0.2, -0.15) is 0 Å². The fourth-order valence-electron chi connectivity index (χ4n) is 2.17. The lowest BCUT2D eigenvalue weighted by Gasteiger charge is -2.44. The fourth-order valence-corrected chi connectivity index (χ4v) is 3.71. The Bertz CT molecular complexity index is 282. The predicted molar refractivity (Wildman–Crippen MR) is 59.0 cm³/mol. The van der Waals surface area contributed by atoms with Crippen molar-refractivity contribution in [3.05, 3.63) is 0 Å². The van der Waals surface area contributed by atoms with Crippen LogP contribution in [0.5, 0.6) is 0 Å². The lowest BCUT2D eigenvalue weighted by molar-refractivity contribution is -0.140. The van der Waals surface area contributed by atoms with Crippen LogP contribution in [0.2, 0.25) is 0 Å². The van der Waals surface area contributed by atoms with E-state index in [9.17, 15) is 4.79 Å². The molecule has 1 spiro atoms. The zero-order chi connectivity index (χ0) is 11.1. The van der Waals surface area contributed by atoms with Gasteiger partial charge in [-0.3, -0.25) is 10.1 Å². The molecule has 2 atom stereocenters. The van der Waals surface area contributed by atoms with Crippen molar-refractivity contribution in [2.75, 3.05) is 19.0 Å². The molecule has 2 aliphatic heterocycles. The van der Waals surface area contributed by atoms with Crippen LogP contribution in [0.25, 0.3) is 0 Å². The van der Waals surface area contributed by atoms with Gasteiger partial charge in [0.1, 0.15) is 6.04 Å². The van der Waals surface area contributed by atoms with Crippen molar-refractivity contribution in [3.63, 3.8) is 0 Å². The van der Waals surface area contributed by atoms with Crippen LogP contribution in [0.1, 0.15) is 20.3 Å². The molecule has 0 aromatic heterocycles. The number of carbonyl (C=O) groups is 1. The Labute approximate surface area is 93.8 Å². The molecule has 5 heteroatoms. The second-order valence-electron chi connectivity index (χ2n) is 4.88. The second kappa shape index (κ2) is 3.64. The molecule has 0 aliphatic carbocycles. The van der Waals surface area contributed by atoms with E-state index in [4.69, 9.17) is 9.84 Å². The summed E-state index contributed by atoms with van der Waals surface area (Å²) in [5.41, 5.74) is -0.00815. The molecule has 0 amide bonds. The molecule has 0 saturated carbocycles. The number of thioether (sulfide) groups is 1. The molecule has 0 radical (unpaired) electrons. The highest BCUT2D eigenvalue weighted by atomic mass is 32.2. The highest BCUT2D eigenvalue weighted by molar-refractivity contribution is 8.00. The van der Waals surface area contributed by atoms with E-state index in [-0.39, 0.29) is 10.3 Å². The van der Waals surface area contributed by atoms with E-state index >= 15 is 0 Å². The largest absolute Gasteiger partial charge is 0.480 e. The maximum Gasteiger partial charge on any atom is 0.320 e. The minimum absolute atomic E-state index is 0.00815. The summed E-state index contributed by atoms with van der Waals surface area (Å²) >= 11 is 1.80. The predicted octanol–water partition coefficient (Wildman–Crippen LogP) is 0.919. The average Bonchev–Trinajstić information content (AvgIpc) is 2.42. The van der Waals surface area contributed by atoms with E-state index in [1.165, 1.54) is 0 Å². The third-order valence-corrected chi connectivity index (χ3v) is 5.04. The minimum atomic E-state index is -0.752. The van der Waals surface area contributed by atoms with Crippen molar-refractivity contribution in [1.29, 1.82) is 0 Å². The molecule has 2 heterocycles. The van der Waals surface area contributed by atoms with Crippen molar-refractivity contribution in [2.45, 2.75) is 31.2 Å². The van der Waals surface area contributed by atoms with E-state index in [1.807, 2.05) is 0 Å². The Kier molecular flexibility index (Phi) is 2.73. The Hall–Kier alpha value is -0.260. The van der Waals surface area contributed by atoms with Gasteiger partial charge in [-0.05, 0) is 12.2 Å². The van der Waals surface area contributed by atoms with Crippen LogP contribution in [0.4, 0.5) is 0 Å². The summed E-state index contributed by atoms with van der Waals surface area (Å²) < 4.78 is 5.50. The number of carboxylic acid groups (broad SMARTS) is 1. The normalized spacial score (nSPS) is 39.5. The molecule has 86 valence electrons. The summed E-state index contributed by atoms with van der Waals surface area (Å²) in [7, 11) is 0. The highest BCUT2D eigenvalue weighted by Crippen LogP contribution is 2.47. The third kappa shape index (κ3) is 1.77. The van der Waals surface area contributed by atoms with E-state index in [0.29, 0.717) is 19.6 Å². The molecule has 0 bridgehead atoms. The van der Waals surface area contributed by atoms with Crippen LogP contribution < -0.4 is 5.32 Å². The summed E-state index contributed by atoms with van der Waals surface area (Å²) in [4.78, 5) is 10.8. The standard InChI is InChI=1S/C10H17NO3S/c1-9(2)5-14-6-10(9)11-7(8(12)13)3-4-15-10/h7,11H,3-6H2,1-2H3,(H,12,13). The molecular weight excluding hydrogens is 214 g/mol. The van der Waals surface area contributed by atoms with Crippen LogP contribution in [0.3, 0.4) is 0 Å². The maximum absolute atomic E-state index is 11.0. The van der Waals surface area contributed by atoms with Gasteiger partial charge in [0.05, 0.1) is 18.1 Å². The third-order valence-electron chi connectivity index (χ3n) is 3.32.